The van der Waals surface area contributed by atoms with Gasteiger partial charge < -0.3 is 9.47 Å². The molecule has 2 aromatic rings. The Hall–Kier alpha value is -1.31. The lowest BCUT2D eigenvalue weighted by atomic mass is 9.99. The van der Waals surface area contributed by atoms with Crippen molar-refractivity contribution >= 4 is 22.6 Å². The molecule has 0 amide bonds. The molecule has 0 radical (unpaired) electrons. The molecule has 4 nitrogen and oxygen atoms in total. The Bertz CT molecular complexity index is 550. The first-order chi connectivity index (χ1) is 9.67. The molecule has 1 unspecified atom stereocenters. The summed E-state index contributed by atoms with van der Waals surface area (Å²) in [5.74, 6) is 7.21. The molecule has 106 valence electrons. The number of hydrazine groups is 1. The van der Waals surface area contributed by atoms with Crippen molar-refractivity contribution in [3.63, 3.8) is 0 Å². The molecule has 5 heteroatoms. The van der Waals surface area contributed by atoms with Gasteiger partial charge >= 0.3 is 0 Å². The molecule has 2 rings (SSSR count). The molecule has 0 saturated heterocycles. The van der Waals surface area contributed by atoms with Crippen molar-refractivity contribution in [1.29, 1.82) is 0 Å². The monoisotopic (exact) mass is 384 g/mol. The summed E-state index contributed by atoms with van der Waals surface area (Å²) in [7, 11) is 3.27. The van der Waals surface area contributed by atoms with Gasteiger partial charge in [-0.2, -0.15) is 0 Å². The zero-order valence-corrected chi connectivity index (χ0v) is 13.5. The van der Waals surface area contributed by atoms with E-state index >= 15 is 0 Å². The highest BCUT2D eigenvalue weighted by molar-refractivity contribution is 14.1. The van der Waals surface area contributed by atoms with Gasteiger partial charge in [0, 0.05) is 9.64 Å². The molecule has 2 aromatic carbocycles. The Morgan fingerprint density at radius 1 is 0.950 bits per heavy atom. The van der Waals surface area contributed by atoms with E-state index < -0.39 is 0 Å². The van der Waals surface area contributed by atoms with Gasteiger partial charge in [0.15, 0.2) is 0 Å². The van der Waals surface area contributed by atoms with Crippen molar-refractivity contribution in [2.75, 3.05) is 14.2 Å². The lowest BCUT2D eigenvalue weighted by molar-refractivity contribution is 0.392. The summed E-state index contributed by atoms with van der Waals surface area (Å²) in [6.45, 7) is 0. The van der Waals surface area contributed by atoms with E-state index in [4.69, 9.17) is 15.3 Å². The Labute approximate surface area is 132 Å². The third-order valence-electron chi connectivity index (χ3n) is 3.08. The number of ether oxygens (including phenoxy) is 2. The second kappa shape index (κ2) is 6.92. The van der Waals surface area contributed by atoms with Crippen molar-refractivity contribution in [2.45, 2.75) is 6.04 Å². The van der Waals surface area contributed by atoms with Crippen LogP contribution in [0.2, 0.25) is 0 Å². The van der Waals surface area contributed by atoms with Crippen LogP contribution in [-0.2, 0) is 0 Å². The number of nitrogens with two attached hydrogens (primary N) is 1. The molecule has 0 heterocycles. The van der Waals surface area contributed by atoms with Crippen molar-refractivity contribution in [2.24, 2.45) is 5.84 Å². The van der Waals surface area contributed by atoms with Crippen molar-refractivity contribution in [3.8, 4) is 11.5 Å². The first kappa shape index (κ1) is 15.1. The number of methoxy groups -OCH3 is 2. The third kappa shape index (κ3) is 3.41. The van der Waals surface area contributed by atoms with Crippen LogP contribution in [-0.4, -0.2) is 14.2 Å². The highest BCUT2D eigenvalue weighted by Crippen LogP contribution is 2.29. The van der Waals surface area contributed by atoms with Gasteiger partial charge in [-0.15, -0.1) is 0 Å². The topological polar surface area (TPSA) is 56.5 Å². The van der Waals surface area contributed by atoms with Crippen LogP contribution in [0.1, 0.15) is 17.2 Å². The second-order valence-corrected chi connectivity index (χ2v) is 5.54. The third-order valence-corrected chi connectivity index (χ3v) is 3.80. The maximum absolute atomic E-state index is 5.72. The van der Waals surface area contributed by atoms with Gasteiger partial charge in [-0.1, -0.05) is 12.1 Å². The van der Waals surface area contributed by atoms with Crippen LogP contribution in [0.15, 0.2) is 42.5 Å². The fourth-order valence-corrected chi connectivity index (χ4v) is 2.40. The molecule has 0 spiro atoms. The van der Waals surface area contributed by atoms with E-state index in [9.17, 15) is 0 Å². The maximum atomic E-state index is 5.72. The summed E-state index contributed by atoms with van der Waals surface area (Å²) in [5, 5.41) is 0. The fraction of sp³-hybridized carbons (Fsp3) is 0.200. The lowest BCUT2D eigenvalue weighted by Gasteiger charge is -2.18. The van der Waals surface area contributed by atoms with Gasteiger partial charge in [0.25, 0.3) is 0 Å². The molecular weight excluding hydrogens is 367 g/mol. The summed E-state index contributed by atoms with van der Waals surface area (Å²) in [6.07, 6.45) is 0. The van der Waals surface area contributed by atoms with Crippen LogP contribution in [0.25, 0.3) is 0 Å². The number of hydrogen-bond donors (Lipinski definition) is 2. The molecule has 0 bridgehead atoms. The minimum Gasteiger partial charge on any atom is -0.497 e. The van der Waals surface area contributed by atoms with Gasteiger partial charge in [0.05, 0.1) is 20.3 Å². The minimum absolute atomic E-state index is 0.115. The van der Waals surface area contributed by atoms with Gasteiger partial charge in [-0.25, -0.2) is 5.43 Å². The first-order valence-electron chi connectivity index (χ1n) is 6.12. The van der Waals surface area contributed by atoms with Crippen LogP contribution in [0.3, 0.4) is 0 Å². The predicted molar refractivity (Wildman–Crippen MR) is 87.9 cm³/mol. The van der Waals surface area contributed by atoms with Gasteiger partial charge in [-0.3, -0.25) is 5.84 Å². The Morgan fingerprint density at radius 2 is 1.50 bits per heavy atom. The number of rotatable bonds is 5. The largest absolute Gasteiger partial charge is 0.497 e. The molecular formula is C15H17IN2O2. The van der Waals surface area contributed by atoms with Crippen LogP contribution in [0.5, 0.6) is 11.5 Å². The van der Waals surface area contributed by atoms with Crippen LogP contribution < -0.4 is 20.7 Å². The van der Waals surface area contributed by atoms with Crippen LogP contribution in [0, 0.1) is 3.57 Å². The highest BCUT2D eigenvalue weighted by Gasteiger charge is 2.14. The average Bonchev–Trinajstić information content (AvgIpc) is 2.49. The minimum atomic E-state index is -0.115. The molecule has 0 saturated carbocycles. The number of halogens is 1. The second-order valence-electron chi connectivity index (χ2n) is 4.30. The quantitative estimate of drug-likeness (QED) is 0.473. The molecule has 0 aromatic heterocycles. The van der Waals surface area contributed by atoms with Gasteiger partial charge in [0.2, 0.25) is 0 Å². The SMILES string of the molecule is COc1cc(OC)cc(C(NN)c2ccc(I)cc2)c1. The zero-order valence-electron chi connectivity index (χ0n) is 11.4. The van der Waals surface area contributed by atoms with E-state index in [1.54, 1.807) is 14.2 Å². The Morgan fingerprint density at radius 3 is 1.95 bits per heavy atom. The number of nitrogens with one attached hydrogen (secondary N) is 1. The van der Waals surface area contributed by atoms with E-state index in [1.807, 2.05) is 18.2 Å². The van der Waals surface area contributed by atoms with Crippen molar-refractivity contribution in [3.05, 3.63) is 57.2 Å². The highest BCUT2D eigenvalue weighted by atomic mass is 127. The fourth-order valence-electron chi connectivity index (χ4n) is 2.04. The van der Waals surface area contributed by atoms with Crippen molar-refractivity contribution in [1.82, 2.24) is 5.43 Å². The number of benzene rings is 2. The summed E-state index contributed by atoms with van der Waals surface area (Å²) in [5.41, 5.74) is 4.92. The normalized spacial score (nSPS) is 12.0. The zero-order chi connectivity index (χ0) is 14.5. The van der Waals surface area contributed by atoms with E-state index in [1.165, 1.54) is 3.57 Å². The van der Waals surface area contributed by atoms with Crippen LogP contribution in [0.4, 0.5) is 0 Å². The Balaban J connectivity index is 2.42. The lowest BCUT2D eigenvalue weighted by Crippen LogP contribution is -2.28. The first-order valence-corrected chi connectivity index (χ1v) is 7.20. The summed E-state index contributed by atoms with van der Waals surface area (Å²) >= 11 is 2.28. The molecule has 0 aliphatic carbocycles. The van der Waals surface area contributed by atoms with E-state index in [2.05, 4.69) is 52.3 Å². The molecule has 0 fully saturated rings. The van der Waals surface area contributed by atoms with Crippen LogP contribution >= 0.6 is 22.6 Å². The summed E-state index contributed by atoms with van der Waals surface area (Å²) < 4.78 is 11.8. The summed E-state index contributed by atoms with van der Waals surface area (Å²) in [6, 6.07) is 13.8. The molecule has 0 aliphatic heterocycles. The summed E-state index contributed by atoms with van der Waals surface area (Å²) in [4.78, 5) is 0. The van der Waals surface area contributed by atoms with Gasteiger partial charge in [0.1, 0.15) is 11.5 Å². The smallest absolute Gasteiger partial charge is 0.122 e. The maximum Gasteiger partial charge on any atom is 0.122 e. The predicted octanol–water partition coefficient (Wildman–Crippen LogP) is 2.86. The standard InChI is InChI=1S/C15H17IN2O2/c1-19-13-7-11(8-14(9-13)20-2)15(18-17)10-3-5-12(16)6-4-10/h3-9,15,18H,17H2,1-2H3. The Kier molecular flexibility index (Phi) is 5.22. The average molecular weight is 384 g/mol. The molecule has 3 N–H and O–H groups in total. The van der Waals surface area contributed by atoms with Gasteiger partial charge in [-0.05, 0) is 58.0 Å². The van der Waals surface area contributed by atoms with Crippen molar-refractivity contribution < 1.29 is 9.47 Å². The molecule has 1 atom stereocenters. The molecule has 20 heavy (non-hydrogen) atoms. The van der Waals surface area contributed by atoms with E-state index in [0.29, 0.717) is 0 Å². The van der Waals surface area contributed by atoms with E-state index in [-0.39, 0.29) is 6.04 Å². The van der Waals surface area contributed by atoms with E-state index in [0.717, 1.165) is 22.6 Å². The molecule has 0 aliphatic rings. The number of hydrogen-bond acceptors (Lipinski definition) is 4.